The Kier molecular flexibility index (Phi) is 5.04. The number of halogens is 1. The number of nitrogens with one attached hydrogen (secondary N) is 3. The molecule has 3 aromatic rings. The van der Waals surface area contributed by atoms with Crippen LogP contribution in [0.3, 0.4) is 0 Å². The number of allylic oxidation sites excluding steroid dienone is 1. The Bertz CT molecular complexity index is 1110. The van der Waals surface area contributed by atoms with Crippen LogP contribution in [0, 0.1) is 5.41 Å². The second kappa shape index (κ2) is 7.41. The third kappa shape index (κ3) is 3.45. The van der Waals surface area contributed by atoms with E-state index in [0.717, 1.165) is 5.56 Å². The first-order valence-electron chi connectivity index (χ1n) is 7.92. The highest BCUT2D eigenvalue weighted by atomic mass is 35.5. The lowest BCUT2D eigenvalue weighted by Gasteiger charge is -2.10. The highest BCUT2D eigenvalue weighted by Gasteiger charge is 2.11. The molecule has 0 spiro atoms. The van der Waals surface area contributed by atoms with Crippen molar-refractivity contribution in [1.29, 1.82) is 5.41 Å². The van der Waals surface area contributed by atoms with Crippen LogP contribution in [0.2, 0.25) is 5.02 Å². The maximum absolute atomic E-state index is 11.9. The number of fused-ring (bicyclic) bond motifs is 1. The number of aryl methyl sites for hydroxylation is 1. The van der Waals surface area contributed by atoms with Crippen molar-refractivity contribution < 1.29 is 0 Å². The predicted octanol–water partition coefficient (Wildman–Crippen LogP) is 2.66. The van der Waals surface area contributed by atoms with Gasteiger partial charge >= 0.3 is 11.1 Å². The third-order valence-electron chi connectivity index (χ3n) is 4.07. The Hall–Kier alpha value is -3.12. The molecule has 1 aromatic heterocycles. The van der Waals surface area contributed by atoms with Crippen LogP contribution in [0.4, 0.5) is 0 Å². The smallest absolute Gasteiger partial charge is 0.316 e. The van der Waals surface area contributed by atoms with Crippen LogP contribution in [0.15, 0.2) is 58.3 Å². The molecular weight excluding hydrogens is 352 g/mol. The van der Waals surface area contributed by atoms with E-state index in [9.17, 15) is 9.59 Å². The molecule has 0 saturated heterocycles. The van der Waals surface area contributed by atoms with E-state index in [0.29, 0.717) is 33.7 Å². The van der Waals surface area contributed by atoms with E-state index in [1.165, 1.54) is 17.8 Å². The quantitative estimate of drug-likeness (QED) is 0.477. The van der Waals surface area contributed by atoms with Crippen molar-refractivity contribution in [2.24, 2.45) is 7.05 Å². The Labute approximate surface area is 154 Å². The van der Waals surface area contributed by atoms with Crippen LogP contribution in [0.1, 0.15) is 11.1 Å². The van der Waals surface area contributed by atoms with E-state index >= 15 is 0 Å². The molecule has 0 unspecified atom stereocenters. The molecule has 0 fully saturated rings. The van der Waals surface area contributed by atoms with Crippen molar-refractivity contribution in [3.8, 4) is 0 Å². The van der Waals surface area contributed by atoms with Gasteiger partial charge in [-0.05, 0) is 17.7 Å². The summed E-state index contributed by atoms with van der Waals surface area (Å²) in [7, 11) is 1.53. The van der Waals surface area contributed by atoms with Crippen LogP contribution >= 0.6 is 11.6 Å². The first-order valence-corrected chi connectivity index (χ1v) is 8.30. The highest BCUT2D eigenvalue weighted by Crippen LogP contribution is 2.26. The zero-order chi connectivity index (χ0) is 18.7. The molecule has 0 amide bonds. The number of nitrogens with zero attached hydrogens (tertiary/aromatic N) is 1. The third-order valence-corrected chi connectivity index (χ3v) is 4.38. The van der Waals surface area contributed by atoms with Crippen LogP contribution in [-0.2, 0) is 13.6 Å². The van der Waals surface area contributed by atoms with Crippen molar-refractivity contribution in [2.75, 3.05) is 0 Å². The zero-order valence-corrected chi connectivity index (χ0v) is 14.8. The van der Waals surface area contributed by atoms with Gasteiger partial charge in [0.05, 0.1) is 16.1 Å². The summed E-state index contributed by atoms with van der Waals surface area (Å²) in [4.78, 5) is 26.0. The topological polar surface area (TPSA) is 90.7 Å². The van der Waals surface area contributed by atoms with E-state index in [4.69, 9.17) is 17.0 Å². The molecule has 6 nitrogen and oxygen atoms in total. The van der Waals surface area contributed by atoms with Gasteiger partial charge in [0.25, 0.3) is 0 Å². The minimum Gasteiger partial charge on any atom is -0.386 e. The zero-order valence-electron chi connectivity index (χ0n) is 14.0. The molecular formula is C19H17ClN4O2. The number of aromatic amines is 1. The van der Waals surface area contributed by atoms with Gasteiger partial charge in [-0.25, -0.2) is 0 Å². The molecule has 26 heavy (non-hydrogen) atoms. The molecule has 3 N–H and O–H groups in total. The van der Waals surface area contributed by atoms with Crippen LogP contribution < -0.4 is 16.4 Å². The summed E-state index contributed by atoms with van der Waals surface area (Å²) >= 11 is 6.34. The maximum atomic E-state index is 11.9. The molecule has 0 radical (unpaired) electrons. The highest BCUT2D eigenvalue weighted by molar-refractivity contribution is 6.34. The second-order valence-electron chi connectivity index (χ2n) is 5.78. The fourth-order valence-corrected chi connectivity index (χ4v) is 2.94. The summed E-state index contributed by atoms with van der Waals surface area (Å²) in [6, 6.07) is 13.1. The van der Waals surface area contributed by atoms with Gasteiger partial charge in [-0.3, -0.25) is 9.59 Å². The van der Waals surface area contributed by atoms with Crippen LogP contribution in [0.5, 0.6) is 0 Å². The summed E-state index contributed by atoms with van der Waals surface area (Å²) in [6.45, 7) is 0.606. The number of rotatable bonds is 5. The summed E-state index contributed by atoms with van der Waals surface area (Å²) in [6.07, 6.45) is 2.89. The first-order chi connectivity index (χ1) is 12.5. The molecule has 0 saturated carbocycles. The number of hydrogen-bond acceptors (Lipinski definition) is 4. The molecule has 2 aromatic carbocycles. The van der Waals surface area contributed by atoms with Gasteiger partial charge in [0, 0.05) is 37.1 Å². The second-order valence-corrected chi connectivity index (χ2v) is 6.19. The van der Waals surface area contributed by atoms with E-state index in [-0.39, 0.29) is 0 Å². The SMILES string of the molecule is Cn1c(=O)c(=O)[nH]c2cc(Cl)c(/C(C=N)=C/NCc3ccccc3)cc21. The average Bonchev–Trinajstić information content (AvgIpc) is 2.64. The average molecular weight is 369 g/mol. The molecule has 0 atom stereocenters. The molecule has 0 aliphatic carbocycles. The van der Waals surface area contributed by atoms with E-state index in [2.05, 4.69) is 10.3 Å². The van der Waals surface area contributed by atoms with Gasteiger partial charge in [-0.1, -0.05) is 41.9 Å². The predicted molar refractivity (Wildman–Crippen MR) is 105 cm³/mol. The van der Waals surface area contributed by atoms with Gasteiger partial charge in [0.1, 0.15) is 0 Å². The number of H-pyrrole nitrogens is 1. The molecule has 132 valence electrons. The Morgan fingerprint density at radius 3 is 2.69 bits per heavy atom. The van der Waals surface area contributed by atoms with Crippen molar-refractivity contribution in [3.63, 3.8) is 0 Å². The molecule has 0 aliphatic rings. The minimum absolute atomic E-state index is 0.378. The fraction of sp³-hybridized carbons (Fsp3) is 0.105. The lowest BCUT2D eigenvalue weighted by Crippen LogP contribution is -2.34. The van der Waals surface area contributed by atoms with E-state index in [1.807, 2.05) is 30.3 Å². The molecule has 0 bridgehead atoms. The van der Waals surface area contributed by atoms with Crippen molar-refractivity contribution in [3.05, 3.63) is 85.5 Å². The maximum Gasteiger partial charge on any atom is 0.316 e. The minimum atomic E-state index is -0.698. The van der Waals surface area contributed by atoms with Crippen molar-refractivity contribution in [2.45, 2.75) is 6.54 Å². The number of aromatic nitrogens is 2. The fourth-order valence-electron chi connectivity index (χ4n) is 2.67. The summed E-state index contributed by atoms with van der Waals surface area (Å²) in [5.74, 6) is 0. The number of hydrogen-bond donors (Lipinski definition) is 3. The lowest BCUT2D eigenvalue weighted by atomic mass is 10.1. The van der Waals surface area contributed by atoms with Gasteiger partial charge < -0.3 is 20.3 Å². The standard InChI is InChI=1S/C19H17ClN4O2/c1-24-17-7-14(15(20)8-16(17)23-18(25)19(24)26)13(9-21)11-22-10-12-5-3-2-4-6-12/h2-9,11,21-22H,10H2,1H3,(H,23,25)/b13-11+,21-9?. The van der Waals surface area contributed by atoms with Gasteiger partial charge in [0.15, 0.2) is 0 Å². The molecule has 1 heterocycles. The molecule has 3 rings (SSSR count). The van der Waals surface area contributed by atoms with Crippen LogP contribution in [-0.4, -0.2) is 15.8 Å². The largest absolute Gasteiger partial charge is 0.386 e. The first kappa shape index (κ1) is 17.7. The van der Waals surface area contributed by atoms with Gasteiger partial charge in [-0.15, -0.1) is 0 Å². The molecule has 7 heteroatoms. The van der Waals surface area contributed by atoms with Gasteiger partial charge in [0.2, 0.25) is 0 Å². The monoisotopic (exact) mass is 368 g/mol. The van der Waals surface area contributed by atoms with Crippen molar-refractivity contribution in [1.82, 2.24) is 14.9 Å². The Morgan fingerprint density at radius 1 is 1.27 bits per heavy atom. The van der Waals surface area contributed by atoms with Crippen molar-refractivity contribution >= 4 is 34.4 Å². The van der Waals surface area contributed by atoms with Crippen LogP contribution in [0.25, 0.3) is 16.6 Å². The normalized spacial score (nSPS) is 11.5. The van der Waals surface area contributed by atoms with E-state index < -0.39 is 11.1 Å². The summed E-state index contributed by atoms with van der Waals surface area (Å²) in [5.41, 5.74) is 1.92. The molecule has 0 aliphatic heterocycles. The van der Waals surface area contributed by atoms with Gasteiger partial charge in [-0.2, -0.15) is 0 Å². The number of benzene rings is 2. The Morgan fingerprint density at radius 2 is 2.00 bits per heavy atom. The Balaban J connectivity index is 2.00. The summed E-state index contributed by atoms with van der Waals surface area (Å²) in [5, 5.41) is 11.2. The van der Waals surface area contributed by atoms with E-state index in [1.54, 1.807) is 18.3 Å². The lowest BCUT2D eigenvalue weighted by molar-refractivity contribution is 0.871. The summed E-state index contributed by atoms with van der Waals surface area (Å²) < 4.78 is 1.27.